The molecule has 2 aromatic carbocycles. The lowest BCUT2D eigenvalue weighted by Gasteiger charge is -2.15. The molecule has 0 bridgehead atoms. The number of carbonyl (C=O) groups excluding carboxylic acids is 3. The van der Waals surface area contributed by atoms with Crippen molar-refractivity contribution in [1.29, 1.82) is 0 Å². The number of hydrogen-bond acceptors (Lipinski definition) is 5. The first kappa shape index (κ1) is 20.1. The number of aromatic nitrogens is 1. The van der Waals surface area contributed by atoms with Crippen LogP contribution in [0.25, 0.3) is 22.0 Å². The molecule has 0 fully saturated rings. The van der Waals surface area contributed by atoms with E-state index in [9.17, 15) is 14.4 Å². The van der Waals surface area contributed by atoms with Gasteiger partial charge in [-0.25, -0.2) is 4.98 Å². The lowest BCUT2D eigenvalue weighted by molar-refractivity contribution is -0.114. The van der Waals surface area contributed by atoms with Crippen molar-refractivity contribution in [3.8, 4) is 11.3 Å². The van der Waals surface area contributed by atoms with Gasteiger partial charge in [0.2, 0.25) is 5.91 Å². The third kappa shape index (κ3) is 3.48. The molecule has 156 valence electrons. The van der Waals surface area contributed by atoms with E-state index in [0.717, 1.165) is 21.9 Å². The van der Waals surface area contributed by atoms with Gasteiger partial charge in [0.05, 0.1) is 17.9 Å². The van der Waals surface area contributed by atoms with Crippen molar-refractivity contribution in [2.24, 2.45) is 5.73 Å². The van der Waals surface area contributed by atoms with Crippen LogP contribution in [0.5, 0.6) is 0 Å². The molecule has 1 aliphatic heterocycles. The second-order valence-corrected chi connectivity index (χ2v) is 7.37. The maximum Gasteiger partial charge on any atom is 0.271 e. The Hall–Kier alpha value is -4.20. The van der Waals surface area contributed by atoms with Crippen LogP contribution in [0.2, 0.25) is 0 Å². The van der Waals surface area contributed by atoms with Crippen LogP contribution < -0.4 is 16.8 Å². The Morgan fingerprint density at radius 2 is 1.94 bits per heavy atom. The fourth-order valence-corrected chi connectivity index (χ4v) is 3.71. The average molecular weight is 415 g/mol. The molecule has 8 nitrogen and oxygen atoms in total. The second-order valence-electron chi connectivity index (χ2n) is 7.37. The number of nitrogens with one attached hydrogen (secondary N) is 1. The Morgan fingerprint density at radius 1 is 1.19 bits per heavy atom. The molecule has 0 saturated carbocycles. The van der Waals surface area contributed by atoms with Gasteiger partial charge in [-0.05, 0) is 40.6 Å². The second kappa shape index (κ2) is 7.56. The highest BCUT2D eigenvalue weighted by molar-refractivity contribution is 6.06. The summed E-state index contributed by atoms with van der Waals surface area (Å²) >= 11 is 0. The lowest BCUT2D eigenvalue weighted by Crippen LogP contribution is -2.30. The molecule has 0 spiro atoms. The first-order valence-corrected chi connectivity index (χ1v) is 9.61. The van der Waals surface area contributed by atoms with Gasteiger partial charge in [0.1, 0.15) is 0 Å². The lowest BCUT2D eigenvalue weighted by atomic mass is 9.97. The van der Waals surface area contributed by atoms with Crippen molar-refractivity contribution in [1.82, 2.24) is 15.2 Å². The molecule has 2 heterocycles. The summed E-state index contributed by atoms with van der Waals surface area (Å²) in [7, 11) is 1.52. The van der Waals surface area contributed by atoms with Gasteiger partial charge in [0.15, 0.2) is 5.69 Å². The number of amides is 3. The van der Waals surface area contributed by atoms with Crippen LogP contribution in [0.4, 0.5) is 5.69 Å². The first-order valence-electron chi connectivity index (χ1n) is 9.61. The highest BCUT2D eigenvalue weighted by atomic mass is 16.2. The van der Waals surface area contributed by atoms with Crippen LogP contribution in [0.15, 0.2) is 54.6 Å². The van der Waals surface area contributed by atoms with Gasteiger partial charge < -0.3 is 21.7 Å². The number of benzene rings is 2. The zero-order chi connectivity index (χ0) is 22.3. The largest absolute Gasteiger partial charge is 0.397 e. The van der Waals surface area contributed by atoms with E-state index >= 15 is 0 Å². The topological polar surface area (TPSA) is 131 Å². The van der Waals surface area contributed by atoms with Crippen LogP contribution >= 0.6 is 0 Å². The van der Waals surface area contributed by atoms with E-state index < -0.39 is 5.91 Å². The van der Waals surface area contributed by atoms with Gasteiger partial charge in [0.25, 0.3) is 11.8 Å². The van der Waals surface area contributed by atoms with E-state index in [4.69, 9.17) is 11.5 Å². The molecule has 1 aromatic heterocycles. The summed E-state index contributed by atoms with van der Waals surface area (Å²) in [5, 5.41) is 4.40. The molecule has 0 saturated heterocycles. The van der Waals surface area contributed by atoms with Gasteiger partial charge in [-0.15, -0.1) is 0 Å². The van der Waals surface area contributed by atoms with E-state index in [1.54, 1.807) is 23.1 Å². The Labute approximate surface area is 178 Å². The molecule has 3 amide bonds. The maximum atomic E-state index is 12.8. The minimum absolute atomic E-state index is 0.0824. The van der Waals surface area contributed by atoms with E-state index in [2.05, 4.69) is 16.9 Å². The van der Waals surface area contributed by atoms with E-state index in [1.165, 1.54) is 7.05 Å². The van der Waals surface area contributed by atoms with Gasteiger partial charge in [-0.1, -0.05) is 24.8 Å². The molecule has 1 aliphatic rings. The number of pyridine rings is 1. The molecular formula is C23H21N5O3. The summed E-state index contributed by atoms with van der Waals surface area (Å²) in [6.07, 6.45) is 0. The average Bonchev–Trinajstić information content (AvgIpc) is 3.08. The maximum absolute atomic E-state index is 12.8. The molecule has 3 aromatic rings. The predicted molar refractivity (Wildman–Crippen MR) is 118 cm³/mol. The van der Waals surface area contributed by atoms with Crippen LogP contribution in [0.3, 0.4) is 0 Å². The van der Waals surface area contributed by atoms with Crippen LogP contribution in [0.1, 0.15) is 26.4 Å². The molecular weight excluding hydrogens is 394 g/mol. The number of anilines is 1. The number of fused-ring (bicyclic) bond motifs is 3. The number of nitrogens with zero attached hydrogens (tertiary/aromatic N) is 2. The fraction of sp³-hybridized carbons (Fsp3) is 0.130. The number of nitrogen functional groups attached to an aromatic ring is 1. The highest BCUT2D eigenvalue weighted by Gasteiger charge is 2.29. The molecule has 0 atom stereocenters. The molecule has 4 rings (SSSR count). The summed E-state index contributed by atoms with van der Waals surface area (Å²) in [5.41, 5.74) is 14.6. The smallest absolute Gasteiger partial charge is 0.271 e. The van der Waals surface area contributed by atoms with Crippen LogP contribution in [-0.4, -0.2) is 41.2 Å². The molecule has 0 unspecified atom stereocenters. The van der Waals surface area contributed by atoms with Gasteiger partial charge >= 0.3 is 0 Å². The number of rotatable bonds is 5. The number of nitrogens with two attached hydrogens (primary N) is 2. The molecule has 31 heavy (non-hydrogen) atoms. The van der Waals surface area contributed by atoms with Crippen molar-refractivity contribution < 1.29 is 14.4 Å². The predicted octanol–water partition coefficient (Wildman–Crippen LogP) is 1.84. The Balaban J connectivity index is 1.77. The zero-order valence-corrected chi connectivity index (χ0v) is 16.9. The van der Waals surface area contributed by atoms with E-state index in [1.807, 2.05) is 24.3 Å². The number of primary amides is 1. The third-order valence-corrected chi connectivity index (χ3v) is 5.39. The summed E-state index contributed by atoms with van der Waals surface area (Å²) in [6.45, 7) is 4.08. The van der Waals surface area contributed by atoms with Gasteiger partial charge in [0, 0.05) is 30.3 Å². The van der Waals surface area contributed by atoms with E-state index in [0.29, 0.717) is 23.5 Å². The third-order valence-electron chi connectivity index (χ3n) is 5.39. The standard InChI is InChI=1S/C23H21N5O3/c1-12(21(25)29)10-28-11-17-15(23(28)31)6-5-13-3-4-14(9-16(13)17)19-8-7-18(24)20(27-19)22(30)26-2/h3-9H,1,10-11,24H2,2H3,(H2,25,29)(H,26,30). The summed E-state index contributed by atoms with van der Waals surface area (Å²) in [5.74, 6) is -1.16. The van der Waals surface area contributed by atoms with Crippen molar-refractivity contribution >= 4 is 34.2 Å². The molecule has 0 radical (unpaired) electrons. The van der Waals surface area contributed by atoms with Crippen LogP contribution in [0, 0.1) is 0 Å². The first-order chi connectivity index (χ1) is 14.8. The number of hydrogen-bond donors (Lipinski definition) is 3. The van der Waals surface area contributed by atoms with Crippen molar-refractivity contribution in [3.05, 3.63) is 71.4 Å². The quantitative estimate of drug-likeness (QED) is 0.547. The Morgan fingerprint density at radius 3 is 2.65 bits per heavy atom. The van der Waals surface area contributed by atoms with Crippen molar-refractivity contribution in [2.75, 3.05) is 19.3 Å². The van der Waals surface area contributed by atoms with Gasteiger partial charge in [-0.3, -0.25) is 14.4 Å². The molecule has 5 N–H and O–H groups in total. The highest BCUT2D eigenvalue weighted by Crippen LogP contribution is 2.33. The monoisotopic (exact) mass is 415 g/mol. The van der Waals surface area contributed by atoms with Crippen molar-refractivity contribution in [2.45, 2.75) is 6.54 Å². The minimum Gasteiger partial charge on any atom is -0.397 e. The summed E-state index contributed by atoms with van der Waals surface area (Å²) < 4.78 is 0. The Kier molecular flexibility index (Phi) is 4.90. The minimum atomic E-state index is -0.628. The zero-order valence-electron chi connectivity index (χ0n) is 16.9. The van der Waals surface area contributed by atoms with Crippen molar-refractivity contribution in [3.63, 3.8) is 0 Å². The van der Waals surface area contributed by atoms with E-state index in [-0.39, 0.29) is 29.6 Å². The van der Waals surface area contributed by atoms with Crippen LogP contribution in [-0.2, 0) is 11.3 Å². The number of carbonyl (C=O) groups is 3. The molecule has 8 heteroatoms. The summed E-state index contributed by atoms with van der Waals surface area (Å²) in [6, 6.07) is 12.9. The fourth-order valence-electron chi connectivity index (χ4n) is 3.71. The van der Waals surface area contributed by atoms with Gasteiger partial charge in [-0.2, -0.15) is 0 Å². The summed E-state index contributed by atoms with van der Waals surface area (Å²) in [4.78, 5) is 42.2. The Bertz CT molecular complexity index is 1280. The SMILES string of the molecule is C=C(CN1Cc2c(ccc3ccc(-c4ccc(N)c(C(=O)NC)n4)cc23)C1=O)C(N)=O. The molecule has 0 aliphatic carbocycles. The normalized spacial score (nSPS) is 12.7.